The van der Waals surface area contributed by atoms with E-state index in [1.165, 1.54) is 28.8 Å². The maximum Gasteiger partial charge on any atom is 0.311 e. The number of nitro groups is 1. The predicted octanol–water partition coefficient (Wildman–Crippen LogP) is 4.96. The fourth-order valence-corrected chi connectivity index (χ4v) is 4.47. The van der Waals surface area contributed by atoms with Crippen LogP contribution >= 0.6 is 0 Å². The lowest BCUT2D eigenvalue weighted by atomic mass is 9.89. The molecular formula is C24H21N3O3. The van der Waals surface area contributed by atoms with Crippen molar-refractivity contribution in [3.63, 3.8) is 0 Å². The van der Waals surface area contributed by atoms with Gasteiger partial charge in [0.15, 0.2) is 5.75 Å². The second-order valence-electron chi connectivity index (χ2n) is 7.73. The van der Waals surface area contributed by atoms with Crippen LogP contribution in [0.4, 0.5) is 5.69 Å². The second-order valence-corrected chi connectivity index (χ2v) is 7.73. The quantitative estimate of drug-likeness (QED) is 0.277. The number of nitrogens with zero attached hydrogens (tertiary/aromatic N) is 3. The number of likely N-dealkylation sites (N-methyl/N-ethyl adjacent to an activating group) is 1. The Kier molecular flexibility index (Phi) is 4.37. The first-order valence-electron chi connectivity index (χ1n) is 9.91. The lowest BCUT2D eigenvalue weighted by Crippen LogP contribution is -2.27. The number of aromatic nitrogens is 1. The molecule has 0 spiro atoms. The number of hydrogen-bond acceptors (Lipinski definition) is 5. The molecule has 2 heterocycles. The number of ether oxygens (including phenoxy) is 1. The molecule has 0 radical (unpaired) electrons. The van der Waals surface area contributed by atoms with Gasteiger partial charge in [-0.15, -0.1) is 0 Å². The van der Waals surface area contributed by atoms with Gasteiger partial charge in [0, 0.05) is 30.1 Å². The number of rotatable bonds is 3. The standard InChI is InChI=1S/C24H21N3O3/c1-26-12-11-18-19(14-26)24(16-8-10-22(30-2)21(13-16)27(28)29)25-20-9-7-15-5-3-4-6-17(15)23(18)20/h3-10,13H,11-12,14H2,1-2H3. The fourth-order valence-electron chi connectivity index (χ4n) is 4.47. The number of hydrogen-bond donors (Lipinski definition) is 0. The van der Waals surface area contributed by atoms with E-state index >= 15 is 0 Å². The van der Waals surface area contributed by atoms with Crippen molar-refractivity contribution >= 4 is 27.4 Å². The molecule has 0 aliphatic carbocycles. The fraction of sp³-hybridized carbons (Fsp3) is 0.208. The van der Waals surface area contributed by atoms with E-state index in [0.717, 1.165) is 41.8 Å². The molecule has 1 aliphatic rings. The zero-order chi connectivity index (χ0) is 20.8. The van der Waals surface area contributed by atoms with Gasteiger partial charge in [0.25, 0.3) is 0 Å². The van der Waals surface area contributed by atoms with Crippen LogP contribution in [-0.2, 0) is 13.0 Å². The zero-order valence-electron chi connectivity index (χ0n) is 16.9. The summed E-state index contributed by atoms with van der Waals surface area (Å²) in [5, 5.41) is 15.2. The zero-order valence-corrected chi connectivity index (χ0v) is 16.9. The largest absolute Gasteiger partial charge is 0.490 e. The molecule has 0 bridgehead atoms. The van der Waals surface area contributed by atoms with Crippen molar-refractivity contribution in [2.45, 2.75) is 13.0 Å². The molecule has 0 fully saturated rings. The Hall–Kier alpha value is -3.51. The number of pyridine rings is 1. The average molecular weight is 399 g/mol. The topological polar surface area (TPSA) is 68.5 Å². The van der Waals surface area contributed by atoms with Crippen molar-refractivity contribution in [2.24, 2.45) is 0 Å². The molecule has 30 heavy (non-hydrogen) atoms. The highest BCUT2D eigenvalue weighted by molar-refractivity contribution is 6.09. The molecule has 5 rings (SSSR count). The summed E-state index contributed by atoms with van der Waals surface area (Å²) in [6, 6.07) is 17.6. The Morgan fingerprint density at radius 3 is 2.73 bits per heavy atom. The first-order valence-corrected chi connectivity index (χ1v) is 9.91. The number of nitro benzene ring substituents is 1. The van der Waals surface area contributed by atoms with Crippen molar-refractivity contribution in [3.8, 4) is 17.0 Å². The Bertz CT molecular complexity index is 1320. The van der Waals surface area contributed by atoms with Crippen LogP contribution in [0.15, 0.2) is 54.6 Å². The summed E-state index contributed by atoms with van der Waals surface area (Å²) in [5.74, 6) is 0.251. The van der Waals surface area contributed by atoms with Crippen molar-refractivity contribution < 1.29 is 9.66 Å². The van der Waals surface area contributed by atoms with Crippen molar-refractivity contribution in [1.29, 1.82) is 0 Å². The lowest BCUT2D eigenvalue weighted by Gasteiger charge is -2.28. The molecule has 0 atom stereocenters. The van der Waals surface area contributed by atoms with Gasteiger partial charge in [0.2, 0.25) is 0 Å². The third kappa shape index (κ3) is 2.88. The molecule has 150 valence electrons. The van der Waals surface area contributed by atoms with Crippen molar-refractivity contribution in [2.75, 3.05) is 20.7 Å². The van der Waals surface area contributed by atoms with Gasteiger partial charge in [-0.05, 0) is 53.6 Å². The molecule has 6 nitrogen and oxygen atoms in total. The molecule has 0 saturated carbocycles. The van der Waals surface area contributed by atoms with E-state index in [0.29, 0.717) is 0 Å². The smallest absolute Gasteiger partial charge is 0.311 e. The highest BCUT2D eigenvalue weighted by Crippen LogP contribution is 2.39. The normalized spacial score (nSPS) is 14.1. The van der Waals surface area contributed by atoms with E-state index in [9.17, 15) is 10.1 Å². The average Bonchev–Trinajstić information content (AvgIpc) is 2.77. The number of benzene rings is 3. The van der Waals surface area contributed by atoms with Gasteiger partial charge in [-0.2, -0.15) is 0 Å². The molecule has 3 aromatic carbocycles. The summed E-state index contributed by atoms with van der Waals surface area (Å²) in [6.45, 7) is 1.73. The Morgan fingerprint density at radius 1 is 1.10 bits per heavy atom. The van der Waals surface area contributed by atoms with Crippen LogP contribution in [0.5, 0.6) is 5.75 Å². The third-order valence-electron chi connectivity index (χ3n) is 5.91. The first kappa shape index (κ1) is 18.5. The van der Waals surface area contributed by atoms with Crippen LogP contribution in [0.25, 0.3) is 32.9 Å². The molecule has 0 saturated heterocycles. The molecule has 6 heteroatoms. The van der Waals surface area contributed by atoms with Crippen LogP contribution < -0.4 is 4.74 Å². The number of methoxy groups -OCH3 is 1. The van der Waals surface area contributed by atoms with Gasteiger partial charge in [-0.3, -0.25) is 10.1 Å². The summed E-state index contributed by atoms with van der Waals surface area (Å²) < 4.78 is 5.18. The molecule has 4 aromatic rings. The van der Waals surface area contributed by atoms with Gasteiger partial charge in [-0.25, -0.2) is 4.98 Å². The van der Waals surface area contributed by atoms with E-state index in [4.69, 9.17) is 9.72 Å². The van der Waals surface area contributed by atoms with Crippen LogP contribution in [0.3, 0.4) is 0 Å². The third-order valence-corrected chi connectivity index (χ3v) is 5.91. The SMILES string of the molecule is COc1ccc(-c2nc3ccc4ccccc4c3c3c2CN(C)CC3)cc1[N+](=O)[O-]. The maximum absolute atomic E-state index is 11.6. The molecule has 0 unspecified atom stereocenters. The highest BCUT2D eigenvalue weighted by Gasteiger charge is 2.24. The van der Waals surface area contributed by atoms with Crippen molar-refractivity contribution in [3.05, 3.63) is 75.8 Å². The Morgan fingerprint density at radius 2 is 1.93 bits per heavy atom. The molecular weight excluding hydrogens is 378 g/mol. The summed E-state index contributed by atoms with van der Waals surface area (Å²) in [5.41, 5.74) is 4.86. The van der Waals surface area contributed by atoms with Crippen LogP contribution in [0.2, 0.25) is 0 Å². The van der Waals surface area contributed by atoms with Crippen molar-refractivity contribution in [1.82, 2.24) is 9.88 Å². The predicted molar refractivity (Wildman–Crippen MR) is 118 cm³/mol. The van der Waals surface area contributed by atoms with E-state index in [1.807, 2.05) is 12.1 Å². The van der Waals surface area contributed by atoms with E-state index in [1.54, 1.807) is 12.1 Å². The van der Waals surface area contributed by atoms with E-state index in [-0.39, 0.29) is 11.4 Å². The van der Waals surface area contributed by atoms with E-state index < -0.39 is 4.92 Å². The summed E-state index contributed by atoms with van der Waals surface area (Å²) in [4.78, 5) is 18.4. The second kappa shape index (κ2) is 7.07. The lowest BCUT2D eigenvalue weighted by molar-refractivity contribution is -0.385. The Balaban J connectivity index is 1.84. The van der Waals surface area contributed by atoms with E-state index in [2.05, 4.69) is 42.3 Å². The molecule has 1 aliphatic heterocycles. The summed E-state index contributed by atoms with van der Waals surface area (Å²) >= 11 is 0. The van der Waals surface area contributed by atoms with Gasteiger partial charge in [-0.1, -0.05) is 30.3 Å². The van der Waals surface area contributed by atoms with Gasteiger partial charge < -0.3 is 9.64 Å². The maximum atomic E-state index is 11.6. The molecule has 0 amide bonds. The summed E-state index contributed by atoms with van der Waals surface area (Å²) in [6.07, 6.45) is 0.921. The molecule has 1 aromatic heterocycles. The van der Waals surface area contributed by atoms with Gasteiger partial charge in [0.1, 0.15) is 0 Å². The van der Waals surface area contributed by atoms with Crippen LogP contribution in [0.1, 0.15) is 11.1 Å². The Labute approximate surface area is 173 Å². The van der Waals surface area contributed by atoms with Gasteiger partial charge in [0.05, 0.1) is 23.2 Å². The minimum Gasteiger partial charge on any atom is -0.490 e. The van der Waals surface area contributed by atoms with Crippen LogP contribution in [-0.4, -0.2) is 35.5 Å². The monoisotopic (exact) mass is 399 g/mol. The highest BCUT2D eigenvalue weighted by atomic mass is 16.6. The minimum absolute atomic E-state index is 0.0478. The first-order chi connectivity index (χ1) is 14.6. The summed E-state index contributed by atoms with van der Waals surface area (Å²) in [7, 11) is 3.54. The number of fused-ring (bicyclic) bond motifs is 5. The van der Waals surface area contributed by atoms with Crippen LogP contribution in [0, 0.1) is 10.1 Å². The minimum atomic E-state index is -0.407. The van der Waals surface area contributed by atoms with Gasteiger partial charge >= 0.3 is 5.69 Å². The molecule has 0 N–H and O–H groups in total.